The molecule has 1 aromatic heterocycles. The van der Waals surface area contributed by atoms with Crippen LogP contribution in [0.1, 0.15) is 17.0 Å². The first-order valence-corrected chi connectivity index (χ1v) is 10.1. The van der Waals surface area contributed by atoms with Gasteiger partial charge >= 0.3 is 0 Å². The first kappa shape index (κ1) is 19.4. The van der Waals surface area contributed by atoms with Crippen molar-refractivity contribution in [3.8, 4) is 11.4 Å². The minimum absolute atomic E-state index is 0.178. The van der Waals surface area contributed by atoms with Crippen molar-refractivity contribution in [3.05, 3.63) is 70.5 Å². The van der Waals surface area contributed by atoms with Crippen molar-refractivity contribution in [1.29, 1.82) is 0 Å². The Labute approximate surface area is 163 Å². The van der Waals surface area contributed by atoms with Gasteiger partial charge in [-0.2, -0.15) is 5.10 Å². The lowest BCUT2D eigenvalue weighted by molar-refractivity contribution is 0.414. The molecule has 0 aliphatic heterocycles. The van der Waals surface area contributed by atoms with Crippen LogP contribution in [-0.2, 0) is 16.6 Å². The highest BCUT2D eigenvalue weighted by Gasteiger charge is 2.25. The molecule has 6 nitrogen and oxygen atoms in total. The number of hydrogen-bond acceptors (Lipinski definition) is 4. The summed E-state index contributed by atoms with van der Waals surface area (Å²) in [4.78, 5) is 0.186. The van der Waals surface area contributed by atoms with Crippen LogP contribution in [0.2, 0.25) is 5.02 Å². The van der Waals surface area contributed by atoms with Crippen molar-refractivity contribution >= 4 is 21.6 Å². The van der Waals surface area contributed by atoms with E-state index in [2.05, 4.69) is 9.82 Å². The lowest BCUT2D eigenvalue weighted by atomic mass is 10.2. The molecule has 27 heavy (non-hydrogen) atoms. The minimum atomic E-state index is -3.72. The van der Waals surface area contributed by atoms with E-state index < -0.39 is 10.0 Å². The molecule has 0 aliphatic carbocycles. The van der Waals surface area contributed by atoms with E-state index in [4.69, 9.17) is 16.3 Å². The maximum Gasteiger partial charge on any atom is 0.244 e. The van der Waals surface area contributed by atoms with Gasteiger partial charge in [-0.3, -0.25) is 0 Å². The third-order valence-electron chi connectivity index (χ3n) is 4.19. The summed E-state index contributed by atoms with van der Waals surface area (Å²) in [6, 6.07) is 14.3. The maximum atomic E-state index is 12.9. The molecule has 0 fully saturated rings. The molecule has 0 saturated heterocycles. The first-order chi connectivity index (χ1) is 12.8. The van der Waals surface area contributed by atoms with Gasteiger partial charge in [-0.25, -0.2) is 17.8 Å². The number of nitrogens with one attached hydrogen (secondary N) is 1. The van der Waals surface area contributed by atoms with Crippen LogP contribution < -0.4 is 9.46 Å². The predicted octanol–water partition coefficient (Wildman–Crippen LogP) is 3.63. The van der Waals surface area contributed by atoms with E-state index in [1.165, 1.54) is 0 Å². The van der Waals surface area contributed by atoms with Gasteiger partial charge in [-0.1, -0.05) is 23.7 Å². The summed E-state index contributed by atoms with van der Waals surface area (Å²) in [5.74, 6) is 0.720. The molecule has 142 valence electrons. The van der Waals surface area contributed by atoms with E-state index in [1.807, 2.05) is 12.1 Å². The van der Waals surface area contributed by atoms with Crippen molar-refractivity contribution < 1.29 is 13.2 Å². The molecule has 0 spiro atoms. The highest BCUT2D eigenvalue weighted by molar-refractivity contribution is 7.89. The molecule has 0 atom stereocenters. The first-order valence-electron chi connectivity index (χ1n) is 8.26. The molecule has 0 amide bonds. The summed E-state index contributed by atoms with van der Waals surface area (Å²) in [5.41, 5.74) is 2.55. The Bertz CT molecular complexity index is 1040. The SMILES string of the molecule is COc1ccc(CNS(=O)(=O)c2c(C)nn(-c3ccc(Cl)cc3)c2C)cc1. The fraction of sp³-hybridized carbons (Fsp3) is 0.211. The second-order valence-corrected chi connectivity index (χ2v) is 8.20. The number of benzene rings is 2. The van der Waals surface area contributed by atoms with Crippen LogP contribution in [0.4, 0.5) is 0 Å². The predicted molar refractivity (Wildman–Crippen MR) is 105 cm³/mol. The molecule has 1 heterocycles. The normalized spacial score (nSPS) is 11.6. The molecule has 3 rings (SSSR count). The minimum Gasteiger partial charge on any atom is -0.497 e. The van der Waals surface area contributed by atoms with E-state index in [-0.39, 0.29) is 11.4 Å². The zero-order valence-electron chi connectivity index (χ0n) is 15.2. The molecule has 0 bridgehead atoms. The third kappa shape index (κ3) is 4.16. The molecule has 8 heteroatoms. The van der Waals surface area contributed by atoms with Crippen molar-refractivity contribution in [2.24, 2.45) is 0 Å². The zero-order chi connectivity index (χ0) is 19.6. The smallest absolute Gasteiger partial charge is 0.244 e. The summed E-state index contributed by atoms with van der Waals surface area (Å²) < 4.78 is 35.1. The van der Waals surface area contributed by atoms with Crippen molar-refractivity contribution in [3.63, 3.8) is 0 Å². The molecule has 0 aliphatic rings. The van der Waals surface area contributed by atoms with Gasteiger partial charge in [0.2, 0.25) is 10.0 Å². The van der Waals surface area contributed by atoms with Gasteiger partial charge in [0.15, 0.2) is 0 Å². The van der Waals surface area contributed by atoms with E-state index in [1.54, 1.807) is 62.0 Å². The highest BCUT2D eigenvalue weighted by Crippen LogP contribution is 2.23. The molecular weight excluding hydrogens is 386 g/mol. The molecule has 0 saturated carbocycles. The number of ether oxygens (including phenoxy) is 1. The Morgan fingerprint density at radius 2 is 1.70 bits per heavy atom. The monoisotopic (exact) mass is 405 g/mol. The largest absolute Gasteiger partial charge is 0.497 e. The Kier molecular flexibility index (Phi) is 5.55. The van der Waals surface area contributed by atoms with Gasteiger partial charge in [-0.15, -0.1) is 0 Å². The number of rotatable bonds is 6. The van der Waals surface area contributed by atoms with Gasteiger partial charge in [0.1, 0.15) is 10.6 Å². The number of hydrogen-bond donors (Lipinski definition) is 1. The van der Waals surface area contributed by atoms with Crippen LogP contribution in [0.3, 0.4) is 0 Å². The average molecular weight is 406 g/mol. The van der Waals surface area contributed by atoms with Gasteiger partial charge in [0.25, 0.3) is 0 Å². The van der Waals surface area contributed by atoms with Gasteiger partial charge in [0, 0.05) is 11.6 Å². The lowest BCUT2D eigenvalue weighted by Crippen LogP contribution is -2.24. The van der Waals surface area contributed by atoms with Gasteiger partial charge < -0.3 is 4.74 Å². The number of methoxy groups -OCH3 is 1. The molecule has 2 aromatic carbocycles. The maximum absolute atomic E-state index is 12.9. The number of aryl methyl sites for hydroxylation is 1. The van der Waals surface area contributed by atoms with E-state index in [0.29, 0.717) is 16.4 Å². The summed E-state index contributed by atoms with van der Waals surface area (Å²) in [5, 5.41) is 5.00. The van der Waals surface area contributed by atoms with Crippen LogP contribution >= 0.6 is 11.6 Å². The van der Waals surface area contributed by atoms with Crippen LogP contribution in [-0.4, -0.2) is 25.3 Å². The Hall–Kier alpha value is -2.35. The summed E-state index contributed by atoms with van der Waals surface area (Å²) >= 11 is 5.92. The summed E-state index contributed by atoms with van der Waals surface area (Å²) in [6.45, 7) is 3.59. The molecular formula is C19H20ClN3O3S. The number of halogens is 1. The topological polar surface area (TPSA) is 73.2 Å². The average Bonchev–Trinajstić information content (AvgIpc) is 2.96. The van der Waals surface area contributed by atoms with E-state index in [9.17, 15) is 8.42 Å². The fourth-order valence-corrected chi connectivity index (χ4v) is 4.38. The summed E-state index contributed by atoms with van der Waals surface area (Å²) in [6.07, 6.45) is 0. The van der Waals surface area contributed by atoms with E-state index in [0.717, 1.165) is 17.0 Å². The molecule has 0 radical (unpaired) electrons. The van der Waals surface area contributed by atoms with Crippen LogP contribution in [0, 0.1) is 13.8 Å². The number of aromatic nitrogens is 2. The number of sulfonamides is 1. The molecule has 3 aromatic rings. The highest BCUT2D eigenvalue weighted by atomic mass is 35.5. The van der Waals surface area contributed by atoms with Crippen molar-refractivity contribution in [2.45, 2.75) is 25.3 Å². The molecule has 0 unspecified atom stereocenters. The van der Waals surface area contributed by atoms with Gasteiger partial charge in [0.05, 0.1) is 24.2 Å². The van der Waals surface area contributed by atoms with Crippen molar-refractivity contribution in [2.75, 3.05) is 7.11 Å². The third-order valence-corrected chi connectivity index (χ3v) is 6.09. The quantitative estimate of drug-likeness (QED) is 0.679. The van der Waals surface area contributed by atoms with Gasteiger partial charge in [-0.05, 0) is 55.8 Å². The van der Waals surface area contributed by atoms with Crippen LogP contribution in [0.25, 0.3) is 5.69 Å². The lowest BCUT2D eigenvalue weighted by Gasteiger charge is -2.09. The number of nitrogens with zero attached hydrogens (tertiary/aromatic N) is 2. The zero-order valence-corrected chi connectivity index (χ0v) is 16.8. The van der Waals surface area contributed by atoms with Crippen LogP contribution in [0.5, 0.6) is 5.75 Å². The van der Waals surface area contributed by atoms with Crippen molar-refractivity contribution in [1.82, 2.24) is 14.5 Å². The Balaban J connectivity index is 1.86. The van der Waals surface area contributed by atoms with Crippen LogP contribution in [0.15, 0.2) is 53.4 Å². The Morgan fingerprint density at radius 3 is 2.30 bits per heavy atom. The fourth-order valence-electron chi connectivity index (χ4n) is 2.84. The molecule has 1 N–H and O–H groups in total. The van der Waals surface area contributed by atoms with E-state index >= 15 is 0 Å². The second kappa shape index (κ2) is 7.72. The Morgan fingerprint density at radius 1 is 1.07 bits per heavy atom. The summed E-state index contributed by atoms with van der Waals surface area (Å²) in [7, 11) is -2.14. The second-order valence-electron chi connectivity index (χ2n) is 6.06. The standard InChI is InChI=1S/C19H20ClN3O3S/c1-13-19(14(2)23(22-13)17-8-6-16(20)7-9-17)27(24,25)21-12-15-4-10-18(26-3)11-5-15/h4-11,21H,12H2,1-3H3.